The summed E-state index contributed by atoms with van der Waals surface area (Å²) in [6, 6.07) is 0. The van der Waals surface area contributed by atoms with Crippen LogP contribution in [-0.2, 0) is 14.3 Å². The Bertz CT molecular complexity index is 536. The number of likely N-dealkylation sites (tertiary alicyclic amines) is 1. The summed E-state index contributed by atoms with van der Waals surface area (Å²) in [5, 5.41) is 3.25. The van der Waals surface area contributed by atoms with E-state index in [2.05, 4.69) is 20.1 Å². The maximum Gasteiger partial charge on any atom is 0.328 e. The van der Waals surface area contributed by atoms with Crippen LogP contribution in [-0.4, -0.2) is 97.0 Å². The van der Waals surface area contributed by atoms with Crippen molar-refractivity contribution in [1.82, 2.24) is 20.0 Å². The molecule has 0 aromatic rings. The van der Waals surface area contributed by atoms with Crippen molar-refractivity contribution in [3.05, 3.63) is 0 Å². The second kappa shape index (κ2) is 11.8. The van der Waals surface area contributed by atoms with Gasteiger partial charge >= 0.3 is 5.97 Å². The van der Waals surface area contributed by atoms with Crippen LogP contribution < -0.4 is 5.32 Å². The number of nitrogens with one attached hydrogen (secondary N) is 1. The number of nitrogens with zero attached hydrogens (tertiary/aromatic N) is 4. The van der Waals surface area contributed by atoms with E-state index in [0.717, 1.165) is 64.6 Å². The average Bonchev–Trinajstić information content (AvgIpc) is 3.12. The van der Waals surface area contributed by atoms with Crippen LogP contribution in [0.5, 0.6) is 0 Å². The van der Waals surface area contributed by atoms with E-state index in [4.69, 9.17) is 4.74 Å². The lowest BCUT2D eigenvalue weighted by molar-refractivity contribution is -0.152. The molecule has 2 aliphatic rings. The van der Waals surface area contributed by atoms with Crippen LogP contribution in [0, 0.1) is 0 Å². The number of piperazine rings is 1. The minimum Gasteiger partial charge on any atom is -0.459 e. The minimum absolute atomic E-state index is 0. The fourth-order valence-electron chi connectivity index (χ4n) is 3.31. The Kier molecular flexibility index (Phi) is 10.5. The number of ether oxygens (including phenoxy) is 1. The molecular formula is C19H36IN5O3. The molecule has 1 N–H and O–H groups in total. The first-order valence-corrected chi connectivity index (χ1v) is 10.0. The number of esters is 1. The maximum atomic E-state index is 12.3. The summed E-state index contributed by atoms with van der Waals surface area (Å²) >= 11 is 0. The van der Waals surface area contributed by atoms with Crippen LogP contribution in [0.2, 0.25) is 0 Å². The van der Waals surface area contributed by atoms with Gasteiger partial charge in [0.25, 0.3) is 0 Å². The van der Waals surface area contributed by atoms with Crippen molar-refractivity contribution < 1.29 is 14.3 Å². The lowest BCUT2D eigenvalue weighted by Gasteiger charge is -2.36. The molecule has 0 atom stereocenters. The number of aliphatic imine (C=N–C) groups is 1. The van der Waals surface area contributed by atoms with Gasteiger partial charge in [0.15, 0.2) is 5.96 Å². The number of hydrogen-bond donors (Lipinski definition) is 1. The molecule has 0 spiro atoms. The quantitative estimate of drug-likeness (QED) is 0.260. The molecule has 28 heavy (non-hydrogen) atoms. The number of halogens is 1. The molecule has 0 aromatic heterocycles. The summed E-state index contributed by atoms with van der Waals surface area (Å²) < 4.78 is 5.32. The van der Waals surface area contributed by atoms with Crippen molar-refractivity contribution in [3.63, 3.8) is 0 Å². The summed E-state index contributed by atoms with van der Waals surface area (Å²) in [5.74, 6) is 0.646. The third kappa shape index (κ3) is 8.50. The Morgan fingerprint density at radius 1 is 1.00 bits per heavy atom. The Labute approximate surface area is 186 Å². The highest BCUT2D eigenvalue weighted by Gasteiger charge is 2.25. The first-order valence-electron chi connectivity index (χ1n) is 10.0. The molecule has 0 saturated carbocycles. The van der Waals surface area contributed by atoms with Gasteiger partial charge in [0.05, 0.1) is 6.54 Å². The zero-order valence-corrected chi connectivity index (χ0v) is 20.0. The maximum absolute atomic E-state index is 12.3. The monoisotopic (exact) mass is 509 g/mol. The van der Waals surface area contributed by atoms with Crippen molar-refractivity contribution in [2.45, 2.75) is 46.1 Å². The average molecular weight is 509 g/mol. The number of amides is 1. The van der Waals surface area contributed by atoms with E-state index in [9.17, 15) is 9.59 Å². The van der Waals surface area contributed by atoms with E-state index in [-0.39, 0.29) is 42.4 Å². The summed E-state index contributed by atoms with van der Waals surface area (Å²) in [7, 11) is 0. The van der Waals surface area contributed by atoms with E-state index in [1.54, 1.807) is 0 Å². The second-order valence-electron chi connectivity index (χ2n) is 8.11. The fourth-order valence-corrected chi connectivity index (χ4v) is 3.31. The topological polar surface area (TPSA) is 77.5 Å². The van der Waals surface area contributed by atoms with E-state index < -0.39 is 5.60 Å². The molecule has 2 aliphatic heterocycles. The van der Waals surface area contributed by atoms with Gasteiger partial charge < -0.3 is 19.9 Å². The standard InChI is InChI=1S/C19H35N5O3.HI/c1-5-20-18(21-14-17(26)27-19(2,3)4)24-12-10-22(11-13-24)15-16(25)23-8-6-7-9-23;/h5-15H2,1-4H3,(H,20,21);1H. The molecule has 0 radical (unpaired) electrons. The Hall–Kier alpha value is -1.10. The summed E-state index contributed by atoms with van der Waals surface area (Å²) in [6.45, 7) is 13.8. The smallest absolute Gasteiger partial charge is 0.328 e. The number of guanidine groups is 1. The first kappa shape index (κ1) is 24.9. The summed E-state index contributed by atoms with van der Waals surface area (Å²) in [4.78, 5) is 35.0. The molecule has 2 rings (SSSR count). The normalized spacial score (nSPS) is 18.6. The molecule has 0 aromatic carbocycles. The van der Waals surface area contributed by atoms with E-state index >= 15 is 0 Å². The van der Waals surface area contributed by atoms with Gasteiger partial charge in [-0.05, 0) is 40.5 Å². The Morgan fingerprint density at radius 2 is 1.61 bits per heavy atom. The van der Waals surface area contributed by atoms with Crippen LogP contribution in [0.25, 0.3) is 0 Å². The third-order valence-electron chi connectivity index (χ3n) is 4.60. The highest BCUT2D eigenvalue weighted by atomic mass is 127. The van der Waals surface area contributed by atoms with Crippen molar-refractivity contribution in [2.75, 3.05) is 58.9 Å². The second-order valence-corrected chi connectivity index (χ2v) is 8.11. The number of hydrogen-bond acceptors (Lipinski definition) is 5. The lowest BCUT2D eigenvalue weighted by Crippen LogP contribution is -2.54. The Morgan fingerprint density at radius 3 is 2.14 bits per heavy atom. The van der Waals surface area contributed by atoms with Crippen molar-refractivity contribution in [3.8, 4) is 0 Å². The molecule has 162 valence electrons. The molecule has 2 fully saturated rings. The predicted molar refractivity (Wildman–Crippen MR) is 121 cm³/mol. The fraction of sp³-hybridized carbons (Fsp3) is 0.842. The highest BCUT2D eigenvalue weighted by molar-refractivity contribution is 14.0. The van der Waals surface area contributed by atoms with Crippen molar-refractivity contribution in [2.24, 2.45) is 4.99 Å². The summed E-state index contributed by atoms with van der Waals surface area (Å²) in [5.41, 5.74) is -0.502. The molecule has 2 heterocycles. The Balaban J connectivity index is 0.00000392. The molecule has 1 amide bonds. The van der Waals surface area contributed by atoms with Gasteiger partial charge in [-0.25, -0.2) is 4.99 Å². The summed E-state index contributed by atoms with van der Waals surface area (Å²) in [6.07, 6.45) is 2.25. The van der Waals surface area contributed by atoms with E-state index in [1.165, 1.54) is 0 Å². The van der Waals surface area contributed by atoms with Crippen molar-refractivity contribution in [1.29, 1.82) is 0 Å². The number of rotatable bonds is 5. The van der Waals surface area contributed by atoms with E-state index in [1.807, 2.05) is 32.6 Å². The zero-order chi connectivity index (χ0) is 19.9. The molecule has 0 unspecified atom stereocenters. The van der Waals surface area contributed by atoms with Gasteiger partial charge in [0, 0.05) is 45.8 Å². The predicted octanol–water partition coefficient (Wildman–Crippen LogP) is 1.15. The molecule has 9 heteroatoms. The van der Waals surface area contributed by atoms with Crippen LogP contribution in [0.1, 0.15) is 40.5 Å². The SMILES string of the molecule is CCNC(=NCC(=O)OC(C)(C)C)N1CCN(CC(=O)N2CCCC2)CC1.I. The minimum atomic E-state index is -0.502. The van der Waals surface area contributed by atoms with Gasteiger partial charge in [-0.1, -0.05) is 0 Å². The largest absolute Gasteiger partial charge is 0.459 e. The van der Waals surface area contributed by atoms with Gasteiger partial charge in [0.1, 0.15) is 12.1 Å². The third-order valence-corrected chi connectivity index (χ3v) is 4.60. The first-order chi connectivity index (χ1) is 12.8. The highest BCUT2D eigenvalue weighted by Crippen LogP contribution is 2.10. The van der Waals surface area contributed by atoms with Crippen LogP contribution in [0.15, 0.2) is 4.99 Å². The molecule has 0 aliphatic carbocycles. The van der Waals surface area contributed by atoms with Gasteiger partial charge in [-0.3, -0.25) is 14.5 Å². The van der Waals surface area contributed by atoms with Gasteiger partial charge in [-0.15, -0.1) is 24.0 Å². The molecule has 0 bridgehead atoms. The zero-order valence-electron chi connectivity index (χ0n) is 17.7. The number of carbonyl (C=O) groups excluding carboxylic acids is 2. The van der Waals surface area contributed by atoms with Gasteiger partial charge in [-0.2, -0.15) is 0 Å². The van der Waals surface area contributed by atoms with Gasteiger partial charge in [0.2, 0.25) is 5.91 Å². The van der Waals surface area contributed by atoms with Crippen LogP contribution in [0.4, 0.5) is 0 Å². The number of carbonyl (C=O) groups is 2. The molecule has 8 nitrogen and oxygen atoms in total. The molecular weight excluding hydrogens is 473 g/mol. The van der Waals surface area contributed by atoms with Crippen LogP contribution in [0.3, 0.4) is 0 Å². The van der Waals surface area contributed by atoms with Crippen molar-refractivity contribution >= 4 is 41.8 Å². The lowest BCUT2D eigenvalue weighted by atomic mass is 10.2. The van der Waals surface area contributed by atoms with E-state index in [0.29, 0.717) is 6.54 Å². The van der Waals surface area contributed by atoms with Crippen LogP contribution >= 0.6 is 24.0 Å². The molecule has 2 saturated heterocycles.